The van der Waals surface area contributed by atoms with Crippen LogP contribution in [0.5, 0.6) is 0 Å². The molecule has 4 heteroatoms. The van der Waals surface area contributed by atoms with Gasteiger partial charge >= 0.3 is 0 Å². The summed E-state index contributed by atoms with van der Waals surface area (Å²) >= 11 is 5.81. The van der Waals surface area contributed by atoms with Crippen LogP contribution in [-0.2, 0) is 6.54 Å². The van der Waals surface area contributed by atoms with Crippen LogP contribution < -0.4 is 5.32 Å². The van der Waals surface area contributed by atoms with Gasteiger partial charge in [-0.25, -0.2) is 0 Å². The van der Waals surface area contributed by atoms with E-state index < -0.39 is 6.10 Å². The largest absolute Gasteiger partial charge is 0.387 e. The number of β-amino-alcohol motifs (C(OH)–C–C–N with tert-alkyl or cyclic N) is 1. The molecule has 0 aromatic heterocycles. The number of hydrogen-bond acceptors (Lipinski definition) is 2. The molecule has 72 valence electrons. The number of benzene rings is 1. The van der Waals surface area contributed by atoms with Crippen molar-refractivity contribution in [1.82, 2.24) is 5.32 Å². The Bertz CT molecular complexity index is 304. The molecule has 1 aliphatic heterocycles. The van der Waals surface area contributed by atoms with Crippen LogP contribution in [0.1, 0.15) is 17.2 Å². The topological polar surface area (TPSA) is 32.3 Å². The minimum absolute atomic E-state index is 0. The Morgan fingerprint density at radius 1 is 1.46 bits per heavy atom. The number of hydrogen-bond donors (Lipinski definition) is 2. The first kappa shape index (κ1) is 10.8. The van der Waals surface area contributed by atoms with Crippen molar-refractivity contribution < 1.29 is 5.11 Å². The summed E-state index contributed by atoms with van der Waals surface area (Å²) in [5.41, 5.74) is 2.10. The minimum atomic E-state index is -0.410. The Hall–Kier alpha value is -0.280. The van der Waals surface area contributed by atoms with E-state index in [4.69, 9.17) is 11.6 Å². The Morgan fingerprint density at radius 2 is 2.23 bits per heavy atom. The van der Waals surface area contributed by atoms with Gasteiger partial charge in [0.25, 0.3) is 0 Å². The molecular weight excluding hydrogens is 209 g/mol. The zero-order valence-electron chi connectivity index (χ0n) is 6.96. The number of aliphatic hydroxyl groups excluding tert-OH is 1. The predicted octanol–water partition coefficient (Wildman–Crippen LogP) is 1.90. The van der Waals surface area contributed by atoms with Crippen molar-refractivity contribution in [2.45, 2.75) is 12.6 Å². The molecule has 1 aromatic rings. The molecule has 0 radical (unpaired) electrons. The molecule has 1 aliphatic rings. The third-order valence-corrected chi connectivity index (χ3v) is 2.36. The molecule has 1 unspecified atom stereocenters. The maximum Gasteiger partial charge on any atom is 0.0918 e. The van der Waals surface area contributed by atoms with Crippen LogP contribution in [0.15, 0.2) is 18.2 Å². The molecule has 2 N–H and O–H groups in total. The molecule has 2 nitrogen and oxygen atoms in total. The minimum Gasteiger partial charge on any atom is -0.387 e. The lowest BCUT2D eigenvalue weighted by atomic mass is 9.99. The van der Waals surface area contributed by atoms with Crippen molar-refractivity contribution >= 4 is 24.0 Å². The molecule has 0 amide bonds. The van der Waals surface area contributed by atoms with E-state index in [0.717, 1.165) is 17.7 Å². The molecule has 2 rings (SSSR count). The Labute approximate surface area is 88.3 Å². The first-order valence-electron chi connectivity index (χ1n) is 3.94. The van der Waals surface area contributed by atoms with Gasteiger partial charge in [0.2, 0.25) is 0 Å². The van der Waals surface area contributed by atoms with Gasteiger partial charge in [-0.05, 0) is 23.3 Å². The fourth-order valence-electron chi connectivity index (χ4n) is 1.49. The standard InChI is InChI=1S/C9H10ClNO.ClH/c10-7-2-1-6-4-11-5-9(12)8(6)3-7;/h1-3,9,11-12H,4-5H2;1H. The van der Waals surface area contributed by atoms with Gasteiger partial charge in [-0.2, -0.15) is 0 Å². The normalized spacial score (nSPS) is 20.3. The summed E-state index contributed by atoms with van der Waals surface area (Å²) in [6.45, 7) is 1.44. The van der Waals surface area contributed by atoms with E-state index in [1.54, 1.807) is 0 Å². The van der Waals surface area contributed by atoms with Crippen molar-refractivity contribution in [1.29, 1.82) is 0 Å². The second-order valence-corrected chi connectivity index (χ2v) is 3.43. The smallest absolute Gasteiger partial charge is 0.0918 e. The Morgan fingerprint density at radius 3 is 3.00 bits per heavy atom. The lowest BCUT2D eigenvalue weighted by Gasteiger charge is -2.22. The summed E-state index contributed by atoms with van der Waals surface area (Å²) in [6.07, 6.45) is -0.410. The third kappa shape index (κ3) is 2.15. The van der Waals surface area contributed by atoms with Crippen LogP contribution in [0, 0.1) is 0 Å². The van der Waals surface area contributed by atoms with E-state index in [9.17, 15) is 5.11 Å². The summed E-state index contributed by atoms with van der Waals surface area (Å²) in [7, 11) is 0. The van der Waals surface area contributed by atoms with Gasteiger partial charge < -0.3 is 10.4 Å². The molecule has 0 fully saturated rings. The molecule has 1 heterocycles. The van der Waals surface area contributed by atoms with Crippen LogP contribution >= 0.6 is 24.0 Å². The van der Waals surface area contributed by atoms with Gasteiger partial charge in [0.1, 0.15) is 0 Å². The van der Waals surface area contributed by atoms with Gasteiger partial charge in [-0.15, -0.1) is 12.4 Å². The molecular formula is C9H11Cl2NO. The van der Waals surface area contributed by atoms with Crippen molar-refractivity contribution in [3.8, 4) is 0 Å². The zero-order chi connectivity index (χ0) is 8.55. The molecule has 0 saturated heterocycles. The Kier molecular flexibility index (Phi) is 3.56. The van der Waals surface area contributed by atoms with Crippen molar-refractivity contribution in [3.63, 3.8) is 0 Å². The first-order valence-corrected chi connectivity index (χ1v) is 4.32. The molecule has 13 heavy (non-hydrogen) atoms. The molecule has 1 aromatic carbocycles. The van der Waals surface area contributed by atoms with E-state index in [-0.39, 0.29) is 12.4 Å². The van der Waals surface area contributed by atoms with Gasteiger partial charge in [0.15, 0.2) is 0 Å². The number of aliphatic hydroxyl groups is 1. The number of fused-ring (bicyclic) bond motifs is 1. The fourth-order valence-corrected chi connectivity index (χ4v) is 1.67. The van der Waals surface area contributed by atoms with Gasteiger partial charge in [-0.1, -0.05) is 17.7 Å². The van der Waals surface area contributed by atoms with Crippen LogP contribution in [0.2, 0.25) is 5.02 Å². The highest BCUT2D eigenvalue weighted by molar-refractivity contribution is 6.30. The highest BCUT2D eigenvalue weighted by Crippen LogP contribution is 2.24. The second-order valence-electron chi connectivity index (χ2n) is 2.99. The SMILES string of the molecule is Cl.OC1CNCc2ccc(Cl)cc21. The molecule has 0 saturated carbocycles. The molecule has 0 bridgehead atoms. The lowest BCUT2D eigenvalue weighted by Crippen LogP contribution is -2.27. The maximum atomic E-state index is 9.56. The van der Waals surface area contributed by atoms with Crippen molar-refractivity contribution in [3.05, 3.63) is 34.3 Å². The fraction of sp³-hybridized carbons (Fsp3) is 0.333. The summed E-state index contributed by atoms with van der Waals surface area (Å²) in [5, 5.41) is 13.4. The van der Waals surface area contributed by atoms with Gasteiger partial charge in [-0.3, -0.25) is 0 Å². The number of halogens is 2. The van der Waals surface area contributed by atoms with E-state index in [1.807, 2.05) is 18.2 Å². The summed E-state index contributed by atoms with van der Waals surface area (Å²) in [5.74, 6) is 0. The summed E-state index contributed by atoms with van der Waals surface area (Å²) in [4.78, 5) is 0. The molecule has 0 aliphatic carbocycles. The molecule has 1 atom stereocenters. The third-order valence-electron chi connectivity index (χ3n) is 2.12. The number of nitrogens with one attached hydrogen (secondary N) is 1. The highest BCUT2D eigenvalue weighted by atomic mass is 35.5. The highest BCUT2D eigenvalue weighted by Gasteiger charge is 2.16. The zero-order valence-corrected chi connectivity index (χ0v) is 8.53. The van der Waals surface area contributed by atoms with E-state index in [0.29, 0.717) is 11.6 Å². The van der Waals surface area contributed by atoms with Crippen LogP contribution in [0.3, 0.4) is 0 Å². The van der Waals surface area contributed by atoms with Crippen LogP contribution in [-0.4, -0.2) is 11.7 Å². The quantitative estimate of drug-likeness (QED) is 0.699. The van der Waals surface area contributed by atoms with E-state index in [1.165, 1.54) is 0 Å². The Balaban J connectivity index is 0.000000845. The van der Waals surface area contributed by atoms with Crippen molar-refractivity contribution in [2.75, 3.05) is 6.54 Å². The van der Waals surface area contributed by atoms with Gasteiger partial charge in [0.05, 0.1) is 6.10 Å². The molecule has 0 spiro atoms. The van der Waals surface area contributed by atoms with Crippen molar-refractivity contribution in [2.24, 2.45) is 0 Å². The second kappa shape index (κ2) is 4.29. The first-order chi connectivity index (χ1) is 5.77. The average Bonchev–Trinajstić information content (AvgIpc) is 2.07. The van der Waals surface area contributed by atoms with E-state index in [2.05, 4.69) is 5.32 Å². The maximum absolute atomic E-state index is 9.56. The van der Waals surface area contributed by atoms with Crippen LogP contribution in [0.25, 0.3) is 0 Å². The summed E-state index contributed by atoms with van der Waals surface area (Å²) < 4.78 is 0. The summed E-state index contributed by atoms with van der Waals surface area (Å²) in [6, 6.07) is 5.63. The van der Waals surface area contributed by atoms with E-state index >= 15 is 0 Å². The van der Waals surface area contributed by atoms with Crippen LogP contribution in [0.4, 0.5) is 0 Å². The average molecular weight is 220 g/mol. The predicted molar refractivity (Wildman–Crippen MR) is 55.4 cm³/mol. The lowest BCUT2D eigenvalue weighted by molar-refractivity contribution is 0.165. The number of rotatable bonds is 0. The monoisotopic (exact) mass is 219 g/mol. The van der Waals surface area contributed by atoms with Gasteiger partial charge in [0, 0.05) is 18.1 Å².